The minimum Gasteiger partial charge on any atom is -0.326 e. The van der Waals surface area contributed by atoms with Crippen LogP contribution >= 0.6 is 11.8 Å². The van der Waals surface area contributed by atoms with E-state index < -0.39 is 0 Å². The van der Waals surface area contributed by atoms with Crippen LogP contribution in [0.1, 0.15) is 35.7 Å². The molecule has 0 fully saturated rings. The molecule has 2 amide bonds. The predicted molar refractivity (Wildman–Crippen MR) is 109 cm³/mol. The molecule has 0 spiro atoms. The number of benzene rings is 2. The van der Waals surface area contributed by atoms with Gasteiger partial charge in [0.15, 0.2) is 5.78 Å². The standard InChI is InChI=1S/C21H22N2O3S/c1-14(24)16-6-4-7-17(13-16)22-20(25)11-12-27-19-10-9-15-5-2-3-8-18(15)23-21(19)26/h2-8,13,19H,9-12H2,1H3,(H,22,25)(H,23,26)/t19-/m0/s1. The Morgan fingerprint density at radius 2 is 2.00 bits per heavy atom. The van der Waals surface area contributed by atoms with Gasteiger partial charge in [0.25, 0.3) is 0 Å². The zero-order valence-corrected chi connectivity index (χ0v) is 16.0. The van der Waals surface area contributed by atoms with Crippen molar-refractivity contribution in [3.05, 3.63) is 59.7 Å². The molecule has 1 heterocycles. The van der Waals surface area contributed by atoms with E-state index in [2.05, 4.69) is 10.6 Å². The number of hydrogen-bond donors (Lipinski definition) is 2. The van der Waals surface area contributed by atoms with E-state index in [9.17, 15) is 14.4 Å². The molecule has 0 radical (unpaired) electrons. The van der Waals surface area contributed by atoms with Crippen molar-refractivity contribution in [3.8, 4) is 0 Å². The fourth-order valence-electron chi connectivity index (χ4n) is 2.98. The van der Waals surface area contributed by atoms with Crippen LogP contribution in [0.25, 0.3) is 0 Å². The smallest absolute Gasteiger partial charge is 0.237 e. The van der Waals surface area contributed by atoms with Crippen molar-refractivity contribution < 1.29 is 14.4 Å². The average Bonchev–Trinajstić information content (AvgIpc) is 2.80. The highest BCUT2D eigenvalue weighted by Gasteiger charge is 2.23. The second kappa shape index (κ2) is 8.86. The van der Waals surface area contributed by atoms with Gasteiger partial charge in [-0.2, -0.15) is 0 Å². The molecule has 0 bridgehead atoms. The molecule has 2 aromatic carbocycles. The number of aryl methyl sites for hydroxylation is 1. The molecule has 1 aliphatic rings. The molecule has 0 saturated carbocycles. The van der Waals surface area contributed by atoms with Crippen LogP contribution in [0, 0.1) is 0 Å². The highest BCUT2D eigenvalue weighted by Crippen LogP contribution is 2.27. The van der Waals surface area contributed by atoms with Crippen LogP contribution < -0.4 is 10.6 Å². The first-order chi connectivity index (χ1) is 13.0. The Balaban J connectivity index is 1.48. The minimum atomic E-state index is -0.161. The van der Waals surface area contributed by atoms with E-state index in [0.29, 0.717) is 23.4 Å². The van der Waals surface area contributed by atoms with Gasteiger partial charge in [-0.1, -0.05) is 30.3 Å². The van der Waals surface area contributed by atoms with E-state index >= 15 is 0 Å². The Hall–Kier alpha value is -2.60. The van der Waals surface area contributed by atoms with Gasteiger partial charge < -0.3 is 10.6 Å². The van der Waals surface area contributed by atoms with Crippen molar-refractivity contribution in [2.75, 3.05) is 16.4 Å². The summed E-state index contributed by atoms with van der Waals surface area (Å²) in [4.78, 5) is 36.0. The molecule has 0 aliphatic carbocycles. The van der Waals surface area contributed by atoms with Gasteiger partial charge in [-0.15, -0.1) is 11.8 Å². The maximum atomic E-state index is 12.4. The lowest BCUT2D eigenvalue weighted by molar-refractivity contribution is -0.116. The van der Waals surface area contributed by atoms with E-state index in [4.69, 9.17) is 0 Å². The summed E-state index contributed by atoms with van der Waals surface area (Å²) in [5, 5.41) is 5.62. The quantitative estimate of drug-likeness (QED) is 0.743. The number of anilines is 2. The monoisotopic (exact) mass is 382 g/mol. The zero-order chi connectivity index (χ0) is 19.2. The lowest BCUT2D eigenvalue weighted by Crippen LogP contribution is -2.24. The predicted octanol–water partition coefficient (Wildman–Crippen LogP) is 3.90. The zero-order valence-electron chi connectivity index (χ0n) is 15.2. The van der Waals surface area contributed by atoms with Gasteiger partial charge in [0.2, 0.25) is 11.8 Å². The van der Waals surface area contributed by atoms with Crippen LogP contribution in [0.2, 0.25) is 0 Å². The summed E-state index contributed by atoms with van der Waals surface area (Å²) in [5.41, 5.74) is 3.21. The van der Waals surface area contributed by atoms with Crippen LogP contribution in [0.4, 0.5) is 11.4 Å². The molecule has 27 heavy (non-hydrogen) atoms. The number of carbonyl (C=O) groups excluding carboxylic acids is 3. The number of para-hydroxylation sites is 1. The Bertz CT molecular complexity index is 866. The summed E-state index contributed by atoms with van der Waals surface area (Å²) in [7, 11) is 0. The van der Waals surface area contributed by atoms with Crippen molar-refractivity contribution in [3.63, 3.8) is 0 Å². The van der Waals surface area contributed by atoms with Crippen LogP contribution in [0.3, 0.4) is 0 Å². The third-order valence-corrected chi connectivity index (χ3v) is 5.74. The Morgan fingerprint density at radius 3 is 2.81 bits per heavy atom. The number of carbonyl (C=O) groups is 3. The molecule has 6 heteroatoms. The molecule has 0 aromatic heterocycles. The van der Waals surface area contributed by atoms with Crippen molar-refractivity contribution in [2.24, 2.45) is 0 Å². The summed E-state index contributed by atoms with van der Waals surface area (Å²) in [6, 6.07) is 14.7. The van der Waals surface area contributed by atoms with Crippen molar-refractivity contribution >= 4 is 40.7 Å². The Kier molecular flexibility index (Phi) is 6.29. The van der Waals surface area contributed by atoms with E-state index in [0.717, 1.165) is 24.1 Å². The topological polar surface area (TPSA) is 75.3 Å². The molecule has 3 rings (SSSR count). The fourth-order valence-corrected chi connectivity index (χ4v) is 4.07. The second-order valence-electron chi connectivity index (χ2n) is 6.48. The SMILES string of the molecule is CC(=O)c1cccc(NC(=O)CCS[C@H]2CCc3ccccc3NC2=O)c1. The number of rotatable bonds is 6. The molecule has 1 atom stereocenters. The van der Waals surface area contributed by atoms with Crippen molar-refractivity contribution in [2.45, 2.75) is 31.4 Å². The first-order valence-electron chi connectivity index (χ1n) is 8.94. The molecular formula is C21H22N2O3S. The number of Topliss-reactive ketones (excluding diaryl/α,β-unsaturated/α-hetero) is 1. The van der Waals surface area contributed by atoms with Gasteiger partial charge in [-0.05, 0) is 43.5 Å². The van der Waals surface area contributed by atoms with Crippen LogP contribution in [0.5, 0.6) is 0 Å². The normalized spacial score (nSPS) is 16.0. The van der Waals surface area contributed by atoms with Crippen molar-refractivity contribution in [1.29, 1.82) is 0 Å². The third-order valence-electron chi connectivity index (χ3n) is 4.44. The lowest BCUT2D eigenvalue weighted by Gasteiger charge is -2.13. The molecular weight excluding hydrogens is 360 g/mol. The molecule has 0 saturated heterocycles. The number of fused-ring (bicyclic) bond motifs is 1. The summed E-state index contributed by atoms with van der Waals surface area (Å²) in [6.45, 7) is 1.49. The average molecular weight is 382 g/mol. The van der Waals surface area contributed by atoms with Crippen LogP contribution in [-0.2, 0) is 16.0 Å². The Labute approximate surface area is 162 Å². The number of ketones is 1. The van der Waals surface area contributed by atoms with Gasteiger partial charge in [-0.25, -0.2) is 0 Å². The molecule has 140 valence electrons. The van der Waals surface area contributed by atoms with E-state index in [1.807, 2.05) is 24.3 Å². The third kappa shape index (κ3) is 5.20. The lowest BCUT2D eigenvalue weighted by atomic mass is 10.1. The molecule has 5 nitrogen and oxygen atoms in total. The fraction of sp³-hybridized carbons (Fsp3) is 0.286. The number of amides is 2. The van der Waals surface area contributed by atoms with Gasteiger partial charge >= 0.3 is 0 Å². The minimum absolute atomic E-state index is 0.000447. The van der Waals surface area contributed by atoms with Crippen LogP contribution in [0.15, 0.2) is 48.5 Å². The van der Waals surface area contributed by atoms with Crippen LogP contribution in [-0.4, -0.2) is 28.6 Å². The first-order valence-corrected chi connectivity index (χ1v) is 9.99. The van der Waals surface area contributed by atoms with E-state index in [-0.39, 0.29) is 22.8 Å². The maximum Gasteiger partial charge on any atom is 0.237 e. The largest absolute Gasteiger partial charge is 0.326 e. The molecule has 2 aromatic rings. The summed E-state index contributed by atoms with van der Waals surface area (Å²) in [5.74, 6) is 0.397. The van der Waals surface area contributed by atoms with Crippen molar-refractivity contribution in [1.82, 2.24) is 0 Å². The van der Waals surface area contributed by atoms with Gasteiger partial charge in [0.05, 0.1) is 5.25 Å². The number of thioether (sulfide) groups is 1. The summed E-state index contributed by atoms with van der Waals surface area (Å²) in [6.07, 6.45) is 1.91. The first kappa shape index (κ1) is 19.2. The van der Waals surface area contributed by atoms with Gasteiger partial charge in [-0.3, -0.25) is 14.4 Å². The second-order valence-corrected chi connectivity index (χ2v) is 7.79. The Morgan fingerprint density at radius 1 is 1.19 bits per heavy atom. The summed E-state index contributed by atoms with van der Waals surface area (Å²) < 4.78 is 0. The highest BCUT2D eigenvalue weighted by atomic mass is 32.2. The van der Waals surface area contributed by atoms with Gasteiger partial charge in [0.1, 0.15) is 0 Å². The summed E-state index contributed by atoms with van der Waals surface area (Å²) >= 11 is 1.51. The number of nitrogens with one attached hydrogen (secondary N) is 2. The molecule has 1 aliphatic heterocycles. The number of hydrogen-bond acceptors (Lipinski definition) is 4. The molecule has 0 unspecified atom stereocenters. The molecule has 2 N–H and O–H groups in total. The maximum absolute atomic E-state index is 12.4. The van der Waals surface area contributed by atoms with E-state index in [1.165, 1.54) is 18.7 Å². The van der Waals surface area contributed by atoms with E-state index in [1.54, 1.807) is 24.3 Å². The van der Waals surface area contributed by atoms with Gasteiger partial charge in [0, 0.05) is 29.1 Å². The highest BCUT2D eigenvalue weighted by molar-refractivity contribution is 8.00.